The summed E-state index contributed by atoms with van der Waals surface area (Å²) < 4.78 is 49.5. The monoisotopic (exact) mass is 280 g/mol. The lowest BCUT2D eigenvalue weighted by molar-refractivity contribution is -0.140. The molecule has 0 amide bonds. The van der Waals surface area contributed by atoms with E-state index in [0.717, 1.165) is 19.1 Å². The lowest BCUT2D eigenvalue weighted by atomic mass is 10.1. The van der Waals surface area contributed by atoms with E-state index in [4.69, 9.17) is 0 Å². The number of Topliss-reactive ketones (excluding diaryl/α,β-unsaturated/α-hetero) is 1. The Bertz CT molecular complexity index is 384. The van der Waals surface area contributed by atoms with Crippen LogP contribution in [-0.2, 0) is 6.18 Å². The molecule has 0 unspecified atom stereocenters. The average Bonchev–Trinajstić information content (AvgIpc) is 2.31. The van der Waals surface area contributed by atoms with Gasteiger partial charge in [-0.25, -0.2) is 4.39 Å². The number of carbonyl (C=O) groups is 1. The summed E-state index contributed by atoms with van der Waals surface area (Å²) in [5, 5.41) is 0. The molecule has 0 bridgehead atoms. The maximum absolute atomic E-state index is 13.1. The predicted molar refractivity (Wildman–Crippen MR) is 68.7 cm³/mol. The minimum Gasteiger partial charge on any atom is -0.294 e. The van der Waals surface area contributed by atoms with Crippen molar-refractivity contribution in [1.29, 1.82) is 0 Å². The Balaban J connectivity index is 0. The van der Waals surface area contributed by atoms with Gasteiger partial charge in [-0.15, -0.1) is 0 Å². The summed E-state index contributed by atoms with van der Waals surface area (Å²) in [6.07, 6.45) is -3.52. The Morgan fingerprint density at radius 3 is 1.89 bits per heavy atom. The fraction of sp³-hybridized carbons (Fsp3) is 0.500. The molecule has 0 spiro atoms. The molecule has 0 aromatic heterocycles. The van der Waals surface area contributed by atoms with Crippen molar-refractivity contribution in [2.75, 3.05) is 0 Å². The first-order valence-corrected chi connectivity index (χ1v) is 6.12. The molecule has 0 saturated carbocycles. The number of hydrogen-bond acceptors (Lipinski definition) is 1. The second-order valence-electron chi connectivity index (χ2n) is 3.43. The van der Waals surface area contributed by atoms with Gasteiger partial charge in [0.2, 0.25) is 0 Å². The molecule has 0 aliphatic carbocycles. The predicted octanol–water partition coefficient (Wildman–Crippen LogP) is 5.49. The second kappa shape index (κ2) is 9.53. The van der Waals surface area contributed by atoms with Crippen LogP contribution in [0.1, 0.15) is 57.0 Å². The third-order valence-electron chi connectivity index (χ3n) is 1.68. The number of ketones is 1. The Kier molecular flexibility index (Phi) is 10.00. The highest BCUT2D eigenvalue weighted by Crippen LogP contribution is 2.32. The summed E-state index contributed by atoms with van der Waals surface area (Å²) in [5.41, 5.74) is -1.95. The molecule has 5 heteroatoms. The van der Waals surface area contributed by atoms with Gasteiger partial charge in [-0.1, -0.05) is 40.2 Å². The zero-order chi connectivity index (χ0) is 15.6. The number of hydrogen-bond donors (Lipinski definition) is 0. The zero-order valence-electron chi connectivity index (χ0n) is 11.9. The topological polar surface area (TPSA) is 17.1 Å². The summed E-state index contributed by atoms with van der Waals surface area (Å²) in [6, 6.07) is 2.62. The van der Waals surface area contributed by atoms with E-state index in [9.17, 15) is 22.4 Å². The summed E-state index contributed by atoms with van der Waals surface area (Å²) in [6.45, 7) is 9.26. The fourth-order valence-electron chi connectivity index (χ4n) is 1.02. The van der Waals surface area contributed by atoms with Crippen molar-refractivity contribution < 1.29 is 22.4 Å². The van der Waals surface area contributed by atoms with E-state index in [0.29, 0.717) is 6.07 Å². The SMILES string of the molecule is CC.CC(=O)c1cccc(C(F)(F)F)c1F.CCC. The number of halogens is 4. The van der Waals surface area contributed by atoms with Gasteiger partial charge in [0.05, 0.1) is 11.1 Å². The molecule has 1 nitrogen and oxygen atoms in total. The molecule has 1 aromatic rings. The number of rotatable bonds is 1. The Morgan fingerprint density at radius 2 is 1.58 bits per heavy atom. The van der Waals surface area contributed by atoms with E-state index in [1.54, 1.807) is 0 Å². The molecular weight excluding hydrogens is 260 g/mol. The number of benzene rings is 1. The van der Waals surface area contributed by atoms with E-state index in [1.165, 1.54) is 6.42 Å². The maximum Gasteiger partial charge on any atom is 0.419 e. The van der Waals surface area contributed by atoms with Crippen molar-refractivity contribution in [2.24, 2.45) is 0 Å². The van der Waals surface area contributed by atoms with Gasteiger partial charge in [0, 0.05) is 0 Å². The molecule has 0 aliphatic heterocycles. The third-order valence-corrected chi connectivity index (χ3v) is 1.68. The van der Waals surface area contributed by atoms with Crippen molar-refractivity contribution in [2.45, 2.75) is 47.2 Å². The molecule has 0 aliphatic rings. The summed E-state index contributed by atoms with van der Waals surface area (Å²) in [7, 11) is 0. The minimum absolute atomic E-state index is 0.542. The third kappa shape index (κ3) is 6.94. The highest BCUT2D eigenvalue weighted by Gasteiger charge is 2.35. The van der Waals surface area contributed by atoms with Gasteiger partial charge in [0.25, 0.3) is 0 Å². The van der Waals surface area contributed by atoms with Gasteiger partial charge < -0.3 is 0 Å². The molecule has 0 radical (unpaired) electrons. The van der Waals surface area contributed by atoms with Crippen molar-refractivity contribution in [1.82, 2.24) is 0 Å². The zero-order valence-corrected chi connectivity index (χ0v) is 11.9. The molecule has 0 saturated heterocycles. The second-order valence-corrected chi connectivity index (χ2v) is 3.43. The summed E-state index contributed by atoms with van der Waals surface area (Å²) >= 11 is 0. The Morgan fingerprint density at radius 1 is 1.16 bits per heavy atom. The van der Waals surface area contributed by atoms with Gasteiger partial charge in [-0.05, 0) is 19.1 Å². The molecule has 19 heavy (non-hydrogen) atoms. The van der Waals surface area contributed by atoms with Gasteiger partial charge in [0.15, 0.2) is 5.78 Å². The first-order valence-electron chi connectivity index (χ1n) is 6.12. The Hall–Kier alpha value is -1.39. The molecule has 0 N–H and O–H groups in total. The van der Waals surface area contributed by atoms with Crippen LogP contribution in [0, 0.1) is 5.82 Å². The molecule has 0 heterocycles. The molecule has 110 valence electrons. The molecule has 0 fully saturated rings. The summed E-state index contributed by atoms with van der Waals surface area (Å²) in [4.78, 5) is 10.7. The van der Waals surface area contributed by atoms with Crippen LogP contribution >= 0.6 is 0 Å². The number of carbonyl (C=O) groups excluding carboxylic acids is 1. The molecule has 1 rings (SSSR count). The Labute approximate surface area is 111 Å². The van der Waals surface area contributed by atoms with Gasteiger partial charge in [-0.3, -0.25) is 4.79 Å². The average molecular weight is 280 g/mol. The number of alkyl halides is 3. The van der Waals surface area contributed by atoms with Gasteiger partial charge in [-0.2, -0.15) is 13.2 Å². The quantitative estimate of drug-likeness (QED) is 0.491. The van der Waals surface area contributed by atoms with E-state index < -0.39 is 28.9 Å². The van der Waals surface area contributed by atoms with Crippen LogP contribution in [0.15, 0.2) is 18.2 Å². The first-order chi connectivity index (χ1) is 8.75. The van der Waals surface area contributed by atoms with Crippen LogP contribution in [0.4, 0.5) is 17.6 Å². The van der Waals surface area contributed by atoms with Crippen molar-refractivity contribution in [3.63, 3.8) is 0 Å². The van der Waals surface area contributed by atoms with Crippen molar-refractivity contribution in [3.8, 4) is 0 Å². The van der Waals surface area contributed by atoms with Crippen LogP contribution in [0.5, 0.6) is 0 Å². The molecule has 1 aromatic carbocycles. The van der Waals surface area contributed by atoms with E-state index >= 15 is 0 Å². The fourth-order valence-corrected chi connectivity index (χ4v) is 1.02. The van der Waals surface area contributed by atoms with E-state index in [2.05, 4.69) is 13.8 Å². The maximum atomic E-state index is 13.1. The smallest absolute Gasteiger partial charge is 0.294 e. The van der Waals surface area contributed by atoms with Gasteiger partial charge >= 0.3 is 6.18 Å². The van der Waals surface area contributed by atoms with Crippen LogP contribution in [0.2, 0.25) is 0 Å². The molecule has 0 atom stereocenters. The van der Waals surface area contributed by atoms with Crippen LogP contribution in [-0.4, -0.2) is 5.78 Å². The largest absolute Gasteiger partial charge is 0.419 e. The van der Waals surface area contributed by atoms with Gasteiger partial charge in [0.1, 0.15) is 5.82 Å². The normalized spacial score (nSPS) is 9.74. The van der Waals surface area contributed by atoms with Crippen LogP contribution in [0.25, 0.3) is 0 Å². The van der Waals surface area contributed by atoms with Crippen LogP contribution in [0.3, 0.4) is 0 Å². The van der Waals surface area contributed by atoms with E-state index in [1.807, 2.05) is 13.8 Å². The lowest BCUT2D eigenvalue weighted by Crippen LogP contribution is -2.11. The van der Waals surface area contributed by atoms with Crippen molar-refractivity contribution in [3.05, 3.63) is 35.1 Å². The highest BCUT2D eigenvalue weighted by molar-refractivity contribution is 5.94. The van der Waals surface area contributed by atoms with Crippen LogP contribution < -0.4 is 0 Å². The van der Waals surface area contributed by atoms with E-state index in [-0.39, 0.29) is 0 Å². The highest BCUT2D eigenvalue weighted by atomic mass is 19.4. The first kappa shape index (κ1) is 19.9. The summed E-state index contributed by atoms with van der Waals surface area (Å²) in [5.74, 6) is -2.24. The lowest BCUT2D eigenvalue weighted by Gasteiger charge is -2.09. The minimum atomic E-state index is -4.77. The molecular formula is C14H20F4O. The standard InChI is InChI=1S/C9H6F4O.C3H8.C2H6/c1-5(14)6-3-2-4-7(8(6)10)9(11,12)13;1-3-2;1-2/h2-4H,1H3;3H2,1-2H3;1-2H3. The van der Waals surface area contributed by atoms with Crippen molar-refractivity contribution >= 4 is 5.78 Å².